The van der Waals surface area contributed by atoms with Gasteiger partial charge >= 0.3 is 0 Å². The van der Waals surface area contributed by atoms with E-state index in [0.29, 0.717) is 6.54 Å². The number of amides is 1. The monoisotopic (exact) mass is 454 g/mol. The van der Waals surface area contributed by atoms with Gasteiger partial charge in [0.05, 0.1) is 17.3 Å². The van der Waals surface area contributed by atoms with E-state index >= 15 is 0 Å². The highest BCUT2D eigenvalue weighted by Crippen LogP contribution is 2.29. The van der Waals surface area contributed by atoms with Gasteiger partial charge in [-0.15, -0.1) is 0 Å². The summed E-state index contributed by atoms with van der Waals surface area (Å²) in [6.07, 6.45) is 3.72. The molecule has 174 valence electrons. The lowest BCUT2D eigenvalue weighted by Gasteiger charge is -2.24. The molecule has 5 rings (SSSR count). The molecule has 1 fully saturated rings. The molecule has 2 aromatic heterocycles. The molecule has 0 aliphatic carbocycles. The van der Waals surface area contributed by atoms with Crippen molar-refractivity contribution in [3.63, 3.8) is 0 Å². The lowest BCUT2D eigenvalue weighted by molar-refractivity contribution is 0.0767. The fraction of sp³-hybridized carbons (Fsp3) is 0.333. The first-order valence-corrected chi connectivity index (χ1v) is 12.1. The van der Waals surface area contributed by atoms with Crippen molar-refractivity contribution in [1.29, 1.82) is 0 Å². The molecule has 1 amide bonds. The Bertz CT molecular complexity index is 1270. The largest absolute Gasteiger partial charge is 0.354 e. The Kier molecular flexibility index (Phi) is 6.25. The van der Waals surface area contributed by atoms with Gasteiger partial charge in [0.15, 0.2) is 5.65 Å². The summed E-state index contributed by atoms with van der Waals surface area (Å²) in [4.78, 5) is 27.2. The Morgan fingerprint density at radius 1 is 0.941 bits per heavy atom. The Morgan fingerprint density at radius 3 is 2.41 bits per heavy atom. The fourth-order valence-electron chi connectivity index (χ4n) is 4.41. The standard InChI is InChI=1S/C27H30N6O/c1-3-20(2)24-29-25(23-19-28-33(26(23)30-24)22-13-8-5-9-14-22)31-15-10-16-32(18-17-31)27(34)21-11-6-4-7-12-21/h4-9,11-14,19-20H,3,10,15-18H2,1-2H3/t20-/m1/s1. The molecular formula is C27H30N6O. The van der Waals surface area contributed by atoms with Crippen LogP contribution >= 0.6 is 0 Å². The first kappa shape index (κ1) is 22.1. The summed E-state index contributed by atoms with van der Waals surface area (Å²) < 4.78 is 1.90. The van der Waals surface area contributed by atoms with Gasteiger partial charge in [-0.05, 0) is 37.1 Å². The first-order chi connectivity index (χ1) is 16.7. The summed E-state index contributed by atoms with van der Waals surface area (Å²) in [6, 6.07) is 19.6. The van der Waals surface area contributed by atoms with Crippen LogP contribution in [-0.4, -0.2) is 56.7 Å². The zero-order valence-corrected chi connectivity index (χ0v) is 19.8. The van der Waals surface area contributed by atoms with Gasteiger partial charge in [-0.1, -0.05) is 50.2 Å². The highest BCUT2D eigenvalue weighted by atomic mass is 16.2. The average molecular weight is 455 g/mol. The van der Waals surface area contributed by atoms with Crippen LogP contribution in [0.5, 0.6) is 0 Å². The number of anilines is 1. The van der Waals surface area contributed by atoms with Crippen molar-refractivity contribution in [2.45, 2.75) is 32.6 Å². The molecule has 1 saturated heterocycles. The Morgan fingerprint density at radius 2 is 1.68 bits per heavy atom. The Balaban J connectivity index is 1.49. The van der Waals surface area contributed by atoms with Gasteiger partial charge in [-0.25, -0.2) is 14.6 Å². The number of fused-ring (bicyclic) bond motifs is 1. The fourth-order valence-corrected chi connectivity index (χ4v) is 4.41. The summed E-state index contributed by atoms with van der Waals surface area (Å²) in [7, 11) is 0. The molecule has 3 heterocycles. The van der Waals surface area contributed by atoms with Gasteiger partial charge in [0.2, 0.25) is 0 Å². The predicted octanol–water partition coefficient (Wildman–Crippen LogP) is 4.68. The molecule has 4 aromatic rings. The number of para-hydroxylation sites is 1. The van der Waals surface area contributed by atoms with Crippen molar-refractivity contribution < 1.29 is 4.79 Å². The van der Waals surface area contributed by atoms with Gasteiger partial charge in [0, 0.05) is 37.7 Å². The van der Waals surface area contributed by atoms with Gasteiger partial charge < -0.3 is 9.80 Å². The van der Waals surface area contributed by atoms with E-state index in [1.807, 2.05) is 76.4 Å². The average Bonchev–Trinajstić information content (AvgIpc) is 3.17. The van der Waals surface area contributed by atoms with Crippen LogP contribution in [0, 0.1) is 0 Å². The maximum atomic E-state index is 13.0. The minimum Gasteiger partial charge on any atom is -0.354 e. The lowest BCUT2D eigenvalue weighted by Crippen LogP contribution is -2.35. The molecule has 1 aliphatic rings. The predicted molar refractivity (Wildman–Crippen MR) is 135 cm³/mol. The second kappa shape index (κ2) is 9.63. The van der Waals surface area contributed by atoms with Crippen molar-refractivity contribution in [2.24, 2.45) is 0 Å². The molecule has 2 aromatic carbocycles. The van der Waals surface area contributed by atoms with Crippen LogP contribution in [0.25, 0.3) is 16.7 Å². The quantitative estimate of drug-likeness (QED) is 0.438. The van der Waals surface area contributed by atoms with Crippen molar-refractivity contribution in [1.82, 2.24) is 24.6 Å². The third kappa shape index (κ3) is 4.25. The minimum atomic E-state index is 0.0903. The van der Waals surface area contributed by atoms with E-state index in [-0.39, 0.29) is 11.8 Å². The van der Waals surface area contributed by atoms with Gasteiger partial charge in [-0.2, -0.15) is 5.10 Å². The maximum Gasteiger partial charge on any atom is 0.253 e. The number of hydrogen-bond acceptors (Lipinski definition) is 5. The van der Waals surface area contributed by atoms with E-state index < -0.39 is 0 Å². The van der Waals surface area contributed by atoms with Crippen LogP contribution < -0.4 is 4.90 Å². The number of nitrogens with zero attached hydrogens (tertiary/aromatic N) is 6. The molecule has 7 nitrogen and oxygen atoms in total. The third-order valence-electron chi connectivity index (χ3n) is 6.58. The van der Waals surface area contributed by atoms with Crippen LogP contribution in [0.1, 0.15) is 48.8 Å². The number of aromatic nitrogens is 4. The summed E-state index contributed by atoms with van der Waals surface area (Å²) in [5, 5.41) is 5.62. The Labute approximate surface area is 200 Å². The smallest absolute Gasteiger partial charge is 0.253 e. The number of benzene rings is 2. The minimum absolute atomic E-state index is 0.0903. The molecule has 0 spiro atoms. The molecule has 7 heteroatoms. The second-order valence-electron chi connectivity index (χ2n) is 8.84. The number of carbonyl (C=O) groups excluding carboxylic acids is 1. The van der Waals surface area contributed by atoms with Crippen molar-refractivity contribution in [2.75, 3.05) is 31.1 Å². The van der Waals surface area contributed by atoms with E-state index in [4.69, 9.17) is 9.97 Å². The molecule has 0 bridgehead atoms. The van der Waals surface area contributed by atoms with Crippen molar-refractivity contribution in [3.05, 3.63) is 78.2 Å². The zero-order valence-electron chi connectivity index (χ0n) is 19.8. The van der Waals surface area contributed by atoms with Gasteiger partial charge in [0.25, 0.3) is 5.91 Å². The Hall–Kier alpha value is -3.74. The molecule has 34 heavy (non-hydrogen) atoms. The molecule has 0 N–H and O–H groups in total. The van der Waals surface area contributed by atoms with Gasteiger partial charge in [-0.3, -0.25) is 4.79 Å². The molecule has 0 saturated carbocycles. The van der Waals surface area contributed by atoms with E-state index in [0.717, 1.165) is 66.4 Å². The zero-order chi connectivity index (χ0) is 23.5. The molecule has 0 unspecified atom stereocenters. The number of carbonyl (C=O) groups is 1. The van der Waals surface area contributed by atoms with Crippen LogP contribution in [0.4, 0.5) is 5.82 Å². The van der Waals surface area contributed by atoms with Gasteiger partial charge in [0.1, 0.15) is 11.6 Å². The summed E-state index contributed by atoms with van der Waals surface area (Å²) in [6.45, 7) is 7.27. The molecule has 1 atom stereocenters. The molecule has 1 aliphatic heterocycles. The normalized spacial score (nSPS) is 15.4. The van der Waals surface area contributed by atoms with E-state index in [1.54, 1.807) is 0 Å². The van der Waals surface area contributed by atoms with Crippen molar-refractivity contribution in [3.8, 4) is 5.69 Å². The van der Waals surface area contributed by atoms with Crippen LogP contribution in [0.15, 0.2) is 66.9 Å². The summed E-state index contributed by atoms with van der Waals surface area (Å²) in [5.41, 5.74) is 2.55. The molecular weight excluding hydrogens is 424 g/mol. The maximum absolute atomic E-state index is 13.0. The van der Waals surface area contributed by atoms with E-state index in [1.165, 1.54) is 0 Å². The summed E-state index contributed by atoms with van der Waals surface area (Å²) >= 11 is 0. The van der Waals surface area contributed by atoms with Crippen LogP contribution in [-0.2, 0) is 0 Å². The van der Waals surface area contributed by atoms with E-state index in [9.17, 15) is 4.79 Å². The van der Waals surface area contributed by atoms with Crippen molar-refractivity contribution >= 4 is 22.8 Å². The lowest BCUT2D eigenvalue weighted by atomic mass is 10.1. The first-order valence-electron chi connectivity index (χ1n) is 12.1. The molecule has 0 radical (unpaired) electrons. The SMILES string of the molecule is CC[C@@H](C)c1nc(N2CCCN(C(=O)c3ccccc3)CC2)c2cnn(-c3ccccc3)c2n1. The van der Waals surface area contributed by atoms with Crippen LogP contribution in [0.3, 0.4) is 0 Å². The second-order valence-corrected chi connectivity index (χ2v) is 8.84. The number of rotatable bonds is 5. The van der Waals surface area contributed by atoms with Crippen LogP contribution in [0.2, 0.25) is 0 Å². The highest BCUT2D eigenvalue weighted by molar-refractivity contribution is 5.94. The summed E-state index contributed by atoms with van der Waals surface area (Å²) in [5.74, 6) is 2.08. The highest BCUT2D eigenvalue weighted by Gasteiger charge is 2.24. The number of hydrogen-bond donors (Lipinski definition) is 0. The van der Waals surface area contributed by atoms with E-state index in [2.05, 4.69) is 23.8 Å². The topological polar surface area (TPSA) is 67.2 Å². The third-order valence-corrected chi connectivity index (χ3v) is 6.58.